The maximum atomic E-state index is 13.0. The van der Waals surface area contributed by atoms with Gasteiger partial charge in [0.25, 0.3) is 0 Å². The largest absolute Gasteiger partial charge is 0.496 e. The highest BCUT2D eigenvalue weighted by atomic mass is 16.5. The first-order valence-corrected chi connectivity index (χ1v) is 9.03. The Morgan fingerprint density at radius 1 is 1.09 bits per heavy atom. The Labute approximate surface area is 140 Å². The van der Waals surface area contributed by atoms with Gasteiger partial charge in [0.15, 0.2) is 5.78 Å². The van der Waals surface area contributed by atoms with Gasteiger partial charge in [0.1, 0.15) is 5.75 Å². The van der Waals surface area contributed by atoms with Crippen LogP contribution < -0.4 is 4.74 Å². The number of Topliss-reactive ketones (excluding diaryl/α,β-unsaturated/α-hetero) is 1. The van der Waals surface area contributed by atoms with Crippen LogP contribution in [0.2, 0.25) is 0 Å². The molecule has 3 heteroatoms. The molecule has 23 heavy (non-hydrogen) atoms. The Morgan fingerprint density at radius 2 is 1.74 bits per heavy atom. The maximum absolute atomic E-state index is 13.0. The van der Waals surface area contributed by atoms with E-state index in [1.165, 1.54) is 32.2 Å². The van der Waals surface area contributed by atoms with Gasteiger partial charge in [-0.1, -0.05) is 12.8 Å². The molecule has 1 saturated heterocycles. The number of nitrogens with zero attached hydrogens (tertiary/aromatic N) is 1. The van der Waals surface area contributed by atoms with Gasteiger partial charge in [0.05, 0.1) is 7.11 Å². The molecule has 0 amide bonds. The number of benzene rings is 1. The molecule has 126 valence electrons. The van der Waals surface area contributed by atoms with Crippen molar-refractivity contribution in [3.8, 4) is 5.75 Å². The summed E-state index contributed by atoms with van der Waals surface area (Å²) in [5.74, 6) is 1.39. The van der Waals surface area contributed by atoms with Crippen LogP contribution in [0.4, 0.5) is 0 Å². The van der Waals surface area contributed by atoms with Gasteiger partial charge in [-0.2, -0.15) is 0 Å². The number of hydrogen-bond acceptors (Lipinski definition) is 3. The van der Waals surface area contributed by atoms with E-state index < -0.39 is 0 Å². The normalized spacial score (nSPS) is 23.2. The van der Waals surface area contributed by atoms with Crippen molar-refractivity contribution < 1.29 is 9.53 Å². The van der Waals surface area contributed by atoms with E-state index >= 15 is 0 Å². The standard InChI is InChI=1S/C20H29NO2/c1-14-11-17(12-15(2)20(14)23-3)19(22)16-7-6-10-21(13-16)18-8-4-5-9-18/h11-12,16,18H,4-10,13H2,1-3H3/t16-/m0/s1. The quantitative estimate of drug-likeness (QED) is 0.782. The van der Waals surface area contributed by atoms with Gasteiger partial charge in [-0.15, -0.1) is 0 Å². The Kier molecular flexibility index (Phi) is 5.05. The van der Waals surface area contributed by atoms with Gasteiger partial charge in [0, 0.05) is 24.1 Å². The van der Waals surface area contributed by atoms with Crippen LogP contribution in [0.25, 0.3) is 0 Å². The molecule has 2 aliphatic rings. The fourth-order valence-corrected chi connectivity index (χ4v) is 4.47. The number of rotatable bonds is 4. The predicted molar refractivity (Wildman–Crippen MR) is 93.4 cm³/mol. The number of likely N-dealkylation sites (tertiary alicyclic amines) is 1. The molecule has 0 bridgehead atoms. The summed E-state index contributed by atoms with van der Waals surface area (Å²) in [7, 11) is 1.69. The van der Waals surface area contributed by atoms with Crippen molar-refractivity contribution in [1.82, 2.24) is 4.90 Å². The molecule has 1 atom stereocenters. The zero-order chi connectivity index (χ0) is 16.4. The van der Waals surface area contributed by atoms with Crippen LogP contribution >= 0.6 is 0 Å². The van der Waals surface area contributed by atoms with Crippen molar-refractivity contribution in [3.05, 3.63) is 28.8 Å². The third-order valence-electron chi connectivity index (χ3n) is 5.61. The van der Waals surface area contributed by atoms with Crippen molar-refractivity contribution in [2.24, 2.45) is 5.92 Å². The van der Waals surface area contributed by atoms with Crippen molar-refractivity contribution in [1.29, 1.82) is 0 Å². The smallest absolute Gasteiger partial charge is 0.167 e. The zero-order valence-corrected chi connectivity index (χ0v) is 14.7. The maximum Gasteiger partial charge on any atom is 0.167 e. The van der Waals surface area contributed by atoms with Crippen LogP contribution in [0.3, 0.4) is 0 Å². The molecule has 1 aromatic carbocycles. The minimum atomic E-state index is 0.163. The summed E-state index contributed by atoms with van der Waals surface area (Å²) in [6.07, 6.45) is 7.55. The highest BCUT2D eigenvalue weighted by Gasteiger charge is 2.31. The number of aryl methyl sites for hydroxylation is 2. The molecule has 0 radical (unpaired) electrons. The SMILES string of the molecule is COc1c(C)cc(C(=O)[C@H]2CCCN(C3CCCC3)C2)cc1C. The summed E-state index contributed by atoms with van der Waals surface area (Å²) in [4.78, 5) is 15.6. The van der Waals surface area contributed by atoms with Crippen LogP contribution in [0.15, 0.2) is 12.1 Å². The average Bonchev–Trinajstić information content (AvgIpc) is 3.08. The second-order valence-electron chi connectivity index (χ2n) is 7.28. The van der Waals surface area contributed by atoms with Crippen LogP contribution in [0.1, 0.15) is 60.0 Å². The lowest BCUT2D eigenvalue weighted by atomic mass is 9.88. The van der Waals surface area contributed by atoms with Crippen LogP contribution in [0.5, 0.6) is 5.75 Å². The van der Waals surface area contributed by atoms with Crippen LogP contribution in [-0.2, 0) is 0 Å². The first kappa shape index (κ1) is 16.5. The molecule has 0 aromatic heterocycles. The molecule has 2 fully saturated rings. The average molecular weight is 315 g/mol. The van der Waals surface area contributed by atoms with Gasteiger partial charge >= 0.3 is 0 Å². The van der Waals surface area contributed by atoms with E-state index in [1.807, 2.05) is 26.0 Å². The fraction of sp³-hybridized carbons (Fsp3) is 0.650. The number of piperidine rings is 1. The first-order chi connectivity index (χ1) is 11.1. The molecule has 0 spiro atoms. The van der Waals surface area contributed by atoms with E-state index in [2.05, 4.69) is 4.90 Å². The summed E-state index contributed by atoms with van der Waals surface area (Å²) in [6.45, 7) is 6.17. The Hall–Kier alpha value is -1.35. The summed E-state index contributed by atoms with van der Waals surface area (Å²) in [5.41, 5.74) is 2.97. The Morgan fingerprint density at radius 3 is 2.35 bits per heavy atom. The molecule has 1 aliphatic heterocycles. The van der Waals surface area contributed by atoms with Crippen molar-refractivity contribution in [3.63, 3.8) is 0 Å². The highest BCUT2D eigenvalue weighted by Crippen LogP contribution is 2.31. The van der Waals surface area contributed by atoms with Gasteiger partial charge in [-0.25, -0.2) is 0 Å². The monoisotopic (exact) mass is 315 g/mol. The summed E-state index contributed by atoms with van der Waals surface area (Å²) >= 11 is 0. The van der Waals surface area contributed by atoms with Crippen LogP contribution in [-0.4, -0.2) is 36.9 Å². The molecule has 1 aliphatic carbocycles. The van der Waals surface area contributed by atoms with Crippen molar-refractivity contribution in [2.75, 3.05) is 20.2 Å². The third-order valence-corrected chi connectivity index (χ3v) is 5.61. The van der Waals surface area contributed by atoms with Crippen molar-refractivity contribution in [2.45, 2.75) is 58.4 Å². The van der Waals surface area contributed by atoms with E-state index in [1.54, 1.807) is 7.11 Å². The zero-order valence-electron chi connectivity index (χ0n) is 14.7. The number of carbonyl (C=O) groups excluding carboxylic acids is 1. The summed E-state index contributed by atoms with van der Waals surface area (Å²) in [6, 6.07) is 4.73. The number of methoxy groups -OCH3 is 1. The van der Waals surface area contributed by atoms with E-state index in [0.29, 0.717) is 5.78 Å². The molecule has 1 aromatic rings. The number of ketones is 1. The summed E-state index contributed by atoms with van der Waals surface area (Å²) < 4.78 is 5.42. The molecular formula is C20H29NO2. The second kappa shape index (κ2) is 7.04. The lowest BCUT2D eigenvalue weighted by Gasteiger charge is -2.36. The Balaban J connectivity index is 1.74. The molecular weight excluding hydrogens is 286 g/mol. The number of hydrogen-bond donors (Lipinski definition) is 0. The molecule has 1 heterocycles. The fourth-order valence-electron chi connectivity index (χ4n) is 4.47. The molecule has 1 saturated carbocycles. The minimum Gasteiger partial charge on any atom is -0.496 e. The van der Waals surface area contributed by atoms with Gasteiger partial charge in [-0.3, -0.25) is 9.69 Å². The van der Waals surface area contributed by atoms with Gasteiger partial charge in [0.2, 0.25) is 0 Å². The molecule has 3 nitrogen and oxygen atoms in total. The van der Waals surface area contributed by atoms with Crippen LogP contribution in [0, 0.1) is 19.8 Å². The second-order valence-corrected chi connectivity index (χ2v) is 7.28. The highest BCUT2D eigenvalue weighted by molar-refractivity contribution is 5.98. The van der Waals surface area contributed by atoms with E-state index in [0.717, 1.165) is 47.9 Å². The molecule has 3 rings (SSSR count). The van der Waals surface area contributed by atoms with Crippen molar-refractivity contribution >= 4 is 5.78 Å². The summed E-state index contributed by atoms with van der Waals surface area (Å²) in [5, 5.41) is 0. The van der Waals surface area contributed by atoms with Gasteiger partial charge < -0.3 is 4.74 Å². The van der Waals surface area contributed by atoms with E-state index in [4.69, 9.17) is 4.74 Å². The minimum absolute atomic E-state index is 0.163. The molecule has 0 unspecified atom stereocenters. The lowest BCUT2D eigenvalue weighted by molar-refractivity contribution is 0.0757. The number of carbonyl (C=O) groups is 1. The predicted octanol–water partition coefficient (Wildman–Crippen LogP) is 4.15. The Bertz CT molecular complexity index is 552. The third kappa shape index (κ3) is 3.45. The lowest BCUT2D eigenvalue weighted by Crippen LogP contribution is -2.43. The topological polar surface area (TPSA) is 29.5 Å². The first-order valence-electron chi connectivity index (χ1n) is 9.03. The van der Waals surface area contributed by atoms with E-state index in [9.17, 15) is 4.79 Å². The number of ether oxygens (including phenoxy) is 1. The molecule has 0 N–H and O–H groups in total. The van der Waals surface area contributed by atoms with E-state index in [-0.39, 0.29) is 5.92 Å². The van der Waals surface area contributed by atoms with Gasteiger partial charge in [-0.05, 0) is 69.3 Å².